The zero-order chi connectivity index (χ0) is 14.7. The van der Waals surface area contributed by atoms with E-state index in [1.54, 1.807) is 0 Å². The summed E-state index contributed by atoms with van der Waals surface area (Å²) in [6.45, 7) is -0.498. The number of hydrogen-bond acceptors (Lipinski definition) is 7. The lowest BCUT2D eigenvalue weighted by Gasteiger charge is -2.17. The Kier molecular flexibility index (Phi) is 11.7. The Bertz CT molecular complexity index is 282. The van der Waals surface area contributed by atoms with Crippen molar-refractivity contribution in [3.8, 4) is 0 Å². The van der Waals surface area contributed by atoms with E-state index in [2.05, 4.69) is 35.9 Å². The number of amides is 2. The van der Waals surface area contributed by atoms with Crippen LogP contribution >= 0.6 is 37.0 Å². The van der Waals surface area contributed by atoms with Crippen molar-refractivity contribution >= 4 is 48.8 Å². The molecule has 0 aliphatic rings. The lowest BCUT2D eigenvalue weighted by molar-refractivity contribution is -0.127. The molecule has 0 heterocycles. The summed E-state index contributed by atoms with van der Waals surface area (Å²) in [6.07, 6.45) is -1.01. The maximum absolute atomic E-state index is 11.7. The van der Waals surface area contributed by atoms with Crippen LogP contribution in [0, 0.1) is 0 Å². The first kappa shape index (κ1) is 18.9. The summed E-state index contributed by atoms with van der Waals surface area (Å²) in [6, 6.07) is -0.752. The van der Waals surface area contributed by atoms with Crippen LogP contribution in [0.4, 0.5) is 0 Å². The van der Waals surface area contributed by atoms with Crippen molar-refractivity contribution in [2.24, 2.45) is 0 Å². The summed E-state index contributed by atoms with van der Waals surface area (Å²) in [4.78, 5) is 23.2. The van der Waals surface area contributed by atoms with Crippen LogP contribution in [-0.4, -0.2) is 70.3 Å². The summed E-state index contributed by atoms with van der Waals surface area (Å²) >= 11 is 9.46. The predicted molar refractivity (Wildman–Crippen MR) is 83.1 cm³/mol. The fourth-order valence-electron chi connectivity index (χ4n) is 1.07. The van der Waals surface area contributed by atoms with E-state index in [1.807, 2.05) is 0 Å². The number of carbonyl (C=O) groups is 2. The molecule has 0 spiro atoms. The second-order valence-corrected chi connectivity index (χ2v) is 5.58. The molecule has 6 nitrogen and oxygen atoms in total. The van der Waals surface area contributed by atoms with Crippen molar-refractivity contribution < 1.29 is 19.8 Å². The van der Waals surface area contributed by atoms with Gasteiger partial charge in [-0.3, -0.25) is 9.59 Å². The molecule has 0 radical (unpaired) electrons. The Labute approximate surface area is 127 Å². The average molecular weight is 328 g/mol. The largest absolute Gasteiger partial charge is 0.394 e. The highest BCUT2D eigenvalue weighted by atomic mass is 32.2. The van der Waals surface area contributed by atoms with Gasteiger partial charge in [-0.15, -0.1) is 0 Å². The second-order valence-electron chi connectivity index (χ2n) is 3.66. The van der Waals surface area contributed by atoms with Crippen molar-refractivity contribution in [2.75, 3.05) is 36.2 Å². The first-order chi connectivity index (χ1) is 9.04. The van der Waals surface area contributed by atoms with Gasteiger partial charge in [0.15, 0.2) is 0 Å². The molecule has 0 aliphatic carbocycles. The molecule has 2 unspecified atom stereocenters. The minimum absolute atomic E-state index is 0.0656. The van der Waals surface area contributed by atoms with Crippen molar-refractivity contribution in [3.05, 3.63) is 0 Å². The first-order valence-electron chi connectivity index (χ1n) is 5.70. The minimum Gasteiger partial charge on any atom is -0.394 e. The molecule has 0 aromatic heterocycles. The topological polar surface area (TPSA) is 98.7 Å². The SMILES string of the molecule is O=C(CSCCS)NC(CS)C(=O)NCC(O)CO. The van der Waals surface area contributed by atoms with E-state index in [4.69, 9.17) is 10.2 Å². The molecule has 2 amide bonds. The molecule has 9 heteroatoms. The van der Waals surface area contributed by atoms with Gasteiger partial charge in [0, 0.05) is 18.1 Å². The van der Waals surface area contributed by atoms with Gasteiger partial charge in [0.25, 0.3) is 0 Å². The molecule has 0 aromatic carbocycles. The third kappa shape index (κ3) is 9.44. The van der Waals surface area contributed by atoms with Crippen LogP contribution < -0.4 is 10.6 Å². The highest BCUT2D eigenvalue weighted by Crippen LogP contribution is 2.00. The van der Waals surface area contributed by atoms with Gasteiger partial charge in [0.2, 0.25) is 11.8 Å². The molecule has 0 bridgehead atoms. The normalized spacial score (nSPS) is 13.7. The number of rotatable bonds is 10. The van der Waals surface area contributed by atoms with Crippen LogP contribution in [-0.2, 0) is 9.59 Å². The molecule has 0 saturated carbocycles. The Morgan fingerprint density at radius 2 is 2.00 bits per heavy atom. The second kappa shape index (κ2) is 11.7. The van der Waals surface area contributed by atoms with E-state index < -0.39 is 24.7 Å². The van der Waals surface area contributed by atoms with Crippen molar-refractivity contribution in [1.29, 1.82) is 0 Å². The summed E-state index contributed by atoms with van der Waals surface area (Å²) in [5.41, 5.74) is 0. The molecule has 0 aromatic rings. The Balaban J connectivity index is 4.03. The number of thioether (sulfide) groups is 1. The molecular formula is C10H20N2O4S3. The summed E-state index contributed by atoms with van der Waals surface area (Å²) in [5.74, 6) is 1.19. The number of aliphatic hydroxyl groups excluding tert-OH is 2. The maximum Gasteiger partial charge on any atom is 0.243 e. The molecule has 0 saturated heterocycles. The van der Waals surface area contributed by atoms with Crippen LogP contribution in [0.3, 0.4) is 0 Å². The maximum atomic E-state index is 11.7. The van der Waals surface area contributed by atoms with Gasteiger partial charge in [-0.2, -0.15) is 37.0 Å². The molecule has 0 aliphatic heterocycles. The third-order valence-corrected chi connectivity index (χ3v) is 3.88. The zero-order valence-corrected chi connectivity index (χ0v) is 13.0. The third-order valence-electron chi connectivity index (χ3n) is 2.03. The van der Waals surface area contributed by atoms with E-state index in [0.29, 0.717) is 5.75 Å². The van der Waals surface area contributed by atoms with E-state index >= 15 is 0 Å². The van der Waals surface area contributed by atoms with Crippen molar-refractivity contribution in [2.45, 2.75) is 12.1 Å². The van der Waals surface area contributed by atoms with Gasteiger partial charge in [-0.05, 0) is 5.75 Å². The highest BCUT2D eigenvalue weighted by Gasteiger charge is 2.19. The molecule has 112 valence electrons. The van der Waals surface area contributed by atoms with Gasteiger partial charge in [0.1, 0.15) is 6.04 Å². The summed E-state index contributed by atoms with van der Waals surface area (Å²) in [7, 11) is 0. The van der Waals surface area contributed by atoms with Gasteiger partial charge in [0.05, 0.1) is 18.5 Å². The van der Waals surface area contributed by atoms with E-state index in [-0.39, 0.29) is 24.0 Å². The van der Waals surface area contributed by atoms with Gasteiger partial charge >= 0.3 is 0 Å². The minimum atomic E-state index is -1.01. The van der Waals surface area contributed by atoms with Gasteiger partial charge < -0.3 is 20.8 Å². The average Bonchev–Trinajstić information content (AvgIpc) is 2.41. The van der Waals surface area contributed by atoms with Crippen LogP contribution in [0.5, 0.6) is 0 Å². The number of thiol groups is 2. The standard InChI is InChI=1S/C10H20N2O4S3/c13-4-7(14)3-11-10(16)8(5-18)12-9(15)6-19-2-1-17/h7-8,13-14,17-18H,1-6H2,(H,11,16)(H,12,15). The van der Waals surface area contributed by atoms with Crippen molar-refractivity contribution in [1.82, 2.24) is 10.6 Å². The smallest absolute Gasteiger partial charge is 0.243 e. The number of carbonyl (C=O) groups excluding carboxylic acids is 2. The van der Waals surface area contributed by atoms with Gasteiger partial charge in [-0.1, -0.05) is 0 Å². The lowest BCUT2D eigenvalue weighted by Crippen LogP contribution is -2.50. The zero-order valence-electron chi connectivity index (χ0n) is 10.4. The highest BCUT2D eigenvalue weighted by molar-refractivity contribution is 8.00. The monoisotopic (exact) mass is 328 g/mol. The van der Waals surface area contributed by atoms with Crippen LogP contribution in [0.25, 0.3) is 0 Å². The van der Waals surface area contributed by atoms with E-state index in [0.717, 1.165) is 5.75 Å². The molecule has 19 heavy (non-hydrogen) atoms. The summed E-state index contributed by atoms with van der Waals surface area (Å²) in [5, 5.41) is 22.7. The van der Waals surface area contributed by atoms with Crippen LogP contribution in [0.1, 0.15) is 0 Å². The molecule has 0 fully saturated rings. The Morgan fingerprint density at radius 1 is 1.32 bits per heavy atom. The molecule has 2 atom stereocenters. The summed E-state index contributed by atoms with van der Waals surface area (Å²) < 4.78 is 0. The molecule has 0 rings (SSSR count). The fraction of sp³-hybridized carbons (Fsp3) is 0.800. The van der Waals surface area contributed by atoms with E-state index in [9.17, 15) is 9.59 Å². The quantitative estimate of drug-likeness (QED) is 0.217. The first-order valence-corrected chi connectivity index (χ1v) is 8.12. The Morgan fingerprint density at radius 3 is 2.53 bits per heavy atom. The van der Waals surface area contributed by atoms with Crippen LogP contribution in [0.15, 0.2) is 0 Å². The van der Waals surface area contributed by atoms with Gasteiger partial charge in [-0.25, -0.2) is 0 Å². The Hall–Kier alpha value is -0.0900. The predicted octanol–water partition coefficient (Wildman–Crippen LogP) is -1.47. The lowest BCUT2D eigenvalue weighted by atomic mass is 10.3. The number of nitrogens with one attached hydrogen (secondary N) is 2. The number of aliphatic hydroxyl groups is 2. The van der Waals surface area contributed by atoms with E-state index in [1.165, 1.54) is 11.8 Å². The molecular weight excluding hydrogens is 308 g/mol. The fourth-order valence-corrected chi connectivity index (χ4v) is 2.25. The molecule has 4 N–H and O–H groups in total. The van der Waals surface area contributed by atoms with Crippen molar-refractivity contribution in [3.63, 3.8) is 0 Å². The number of hydrogen-bond donors (Lipinski definition) is 6. The van der Waals surface area contributed by atoms with Crippen LogP contribution in [0.2, 0.25) is 0 Å².